The van der Waals surface area contributed by atoms with Gasteiger partial charge in [0.25, 0.3) is 0 Å². The van der Waals surface area contributed by atoms with Crippen LogP contribution in [0.25, 0.3) is 0 Å². The van der Waals surface area contributed by atoms with E-state index in [1.54, 1.807) is 0 Å². The van der Waals surface area contributed by atoms with Gasteiger partial charge in [0.15, 0.2) is 0 Å². The first-order chi connectivity index (χ1) is 9.33. The molecule has 1 fully saturated rings. The average molecular weight is 256 g/mol. The van der Waals surface area contributed by atoms with Crippen LogP contribution in [0.2, 0.25) is 0 Å². The third-order valence-corrected chi connectivity index (χ3v) is 3.80. The first-order valence-corrected chi connectivity index (χ1v) is 6.81. The smallest absolute Gasteiger partial charge is 0.0945 e. The molecule has 4 heteroatoms. The number of aromatic nitrogens is 2. The average Bonchev–Trinajstić information content (AvgIpc) is 3.06. The summed E-state index contributed by atoms with van der Waals surface area (Å²) in [5.74, 6) is 0. The molecule has 100 valence electrons. The van der Waals surface area contributed by atoms with Gasteiger partial charge in [-0.05, 0) is 18.6 Å². The van der Waals surface area contributed by atoms with Gasteiger partial charge in [-0.2, -0.15) is 0 Å². The van der Waals surface area contributed by atoms with Gasteiger partial charge in [-0.25, -0.2) is 4.98 Å². The molecule has 0 amide bonds. The Hall–Kier alpha value is -1.81. The van der Waals surface area contributed by atoms with Crippen molar-refractivity contribution in [2.75, 3.05) is 18.0 Å². The Morgan fingerprint density at radius 2 is 2.16 bits per heavy atom. The minimum absolute atomic E-state index is 0.565. The Morgan fingerprint density at radius 3 is 2.89 bits per heavy atom. The summed E-state index contributed by atoms with van der Waals surface area (Å²) in [6.45, 7) is 3.11. The van der Waals surface area contributed by atoms with E-state index in [4.69, 9.17) is 0 Å². The molecule has 1 aliphatic heterocycles. The van der Waals surface area contributed by atoms with Crippen molar-refractivity contribution in [2.45, 2.75) is 19.0 Å². The minimum Gasteiger partial charge on any atom is -0.370 e. The zero-order chi connectivity index (χ0) is 13.1. The lowest BCUT2D eigenvalue weighted by atomic mass is 10.2. The third kappa shape index (κ3) is 2.79. The molecule has 1 saturated heterocycles. The molecule has 0 saturated carbocycles. The Kier molecular flexibility index (Phi) is 3.51. The van der Waals surface area contributed by atoms with Crippen LogP contribution in [0.3, 0.4) is 0 Å². The summed E-state index contributed by atoms with van der Waals surface area (Å²) in [4.78, 5) is 6.59. The molecule has 0 bridgehead atoms. The number of anilines is 1. The zero-order valence-electron chi connectivity index (χ0n) is 11.3. The van der Waals surface area contributed by atoms with E-state index in [2.05, 4.69) is 50.1 Å². The maximum absolute atomic E-state index is 4.14. The number of hydrogen-bond acceptors (Lipinski definition) is 3. The first-order valence-electron chi connectivity index (χ1n) is 6.81. The van der Waals surface area contributed by atoms with E-state index in [0.717, 1.165) is 19.6 Å². The number of rotatable bonds is 4. The van der Waals surface area contributed by atoms with Crippen molar-refractivity contribution < 1.29 is 0 Å². The molecule has 1 aromatic heterocycles. The number of nitrogens with one attached hydrogen (secondary N) is 1. The van der Waals surface area contributed by atoms with Crippen LogP contribution in [0.15, 0.2) is 42.9 Å². The van der Waals surface area contributed by atoms with Crippen molar-refractivity contribution in [2.24, 2.45) is 7.05 Å². The Balaban J connectivity index is 1.54. The lowest BCUT2D eigenvalue weighted by Crippen LogP contribution is -2.32. The Labute approximate surface area is 114 Å². The maximum atomic E-state index is 4.14. The number of hydrogen-bond donors (Lipinski definition) is 1. The summed E-state index contributed by atoms with van der Waals surface area (Å²) < 4.78 is 2.07. The molecule has 1 N–H and O–H groups in total. The summed E-state index contributed by atoms with van der Waals surface area (Å²) >= 11 is 0. The van der Waals surface area contributed by atoms with Gasteiger partial charge in [0, 0.05) is 44.6 Å². The molecule has 0 spiro atoms. The van der Waals surface area contributed by atoms with Crippen LogP contribution >= 0.6 is 0 Å². The van der Waals surface area contributed by atoms with E-state index in [0.29, 0.717) is 6.04 Å². The van der Waals surface area contributed by atoms with Crippen molar-refractivity contribution in [1.82, 2.24) is 14.9 Å². The predicted molar refractivity (Wildman–Crippen MR) is 77.1 cm³/mol. The number of aryl methyl sites for hydroxylation is 1. The van der Waals surface area contributed by atoms with Gasteiger partial charge in [0.1, 0.15) is 0 Å². The maximum Gasteiger partial charge on any atom is 0.0945 e. The second-order valence-electron chi connectivity index (χ2n) is 5.14. The van der Waals surface area contributed by atoms with Crippen LogP contribution in [0.4, 0.5) is 5.69 Å². The minimum atomic E-state index is 0.565. The number of para-hydroxylation sites is 1. The van der Waals surface area contributed by atoms with Crippen molar-refractivity contribution in [1.29, 1.82) is 0 Å². The van der Waals surface area contributed by atoms with Crippen LogP contribution < -0.4 is 10.2 Å². The molecule has 19 heavy (non-hydrogen) atoms. The highest BCUT2D eigenvalue weighted by Crippen LogP contribution is 2.19. The summed E-state index contributed by atoms with van der Waals surface area (Å²) in [7, 11) is 2.04. The van der Waals surface area contributed by atoms with Gasteiger partial charge in [0.2, 0.25) is 0 Å². The van der Waals surface area contributed by atoms with Crippen LogP contribution in [0.1, 0.15) is 12.1 Å². The molecule has 2 heterocycles. The van der Waals surface area contributed by atoms with Crippen molar-refractivity contribution in [3.05, 3.63) is 48.5 Å². The Bertz CT molecular complexity index is 520. The molecule has 0 radical (unpaired) electrons. The van der Waals surface area contributed by atoms with E-state index in [-0.39, 0.29) is 0 Å². The van der Waals surface area contributed by atoms with Crippen LogP contribution in [-0.2, 0) is 13.6 Å². The molecule has 1 atom stereocenters. The highest BCUT2D eigenvalue weighted by atomic mass is 15.2. The molecule has 0 aliphatic carbocycles. The highest BCUT2D eigenvalue weighted by molar-refractivity contribution is 5.47. The fraction of sp³-hybridized carbons (Fsp3) is 0.400. The summed E-state index contributed by atoms with van der Waals surface area (Å²) in [6.07, 6.45) is 4.98. The Morgan fingerprint density at radius 1 is 1.32 bits per heavy atom. The highest BCUT2D eigenvalue weighted by Gasteiger charge is 2.22. The standard InChI is InChI=1S/C15H20N4/c1-18-12-16-9-15(18)10-17-13-7-8-19(11-13)14-5-3-2-4-6-14/h2-6,9,12-13,17H,7-8,10-11H2,1H3/t13-/m1/s1. The summed E-state index contributed by atoms with van der Waals surface area (Å²) in [6, 6.07) is 11.2. The lowest BCUT2D eigenvalue weighted by molar-refractivity contribution is 0.538. The van der Waals surface area contributed by atoms with E-state index in [1.165, 1.54) is 17.8 Å². The molecule has 0 unspecified atom stereocenters. The molecular weight excluding hydrogens is 236 g/mol. The normalized spacial score (nSPS) is 19.0. The predicted octanol–water partition coefficient (Wildman–Crippen LogP) is 1.79. The zero-order valence-corrected chi connectivity index (χ0v) is 11.3. The first kappa shape index (κ1) is 12.2. The second kappa shape index (κ2) is 5.45. The van der Waals surface area contributed by atoms with Crippen LogP contribution in [0.5, 0.6) is 0 Å². The lowest BCUT2D eigenvalue weighted by Gasteiger charge is -2.19. The van der Waals surface area contributed by atoms with E-state index in [1.807, 2.05) is 19.6 Å². The second-order valence-corrected chi connectivity index (χ2v) is 5.14. The third-order valence-electron chi connectivity index (χ3n) is 3.80. The monoisotopic (exact) mass is 256 g/mol. The van der Waals surface area contributed by atoms with Crippen molar-refractivity contribution in [3.8, 4) is 0 Å². The largest absolute Gasteiger partial charge is 0.370 e. The van der Waals surface area contributed by atoms with Crippen LogP contribution in [0, 0.1) is 0 Å². The van der Waals surface area contributed by atoms with E-state index >= 15 is 0 Å². The van der Waals surface area contributed by atoms with E-state index in [9.17, 15) is 0 Å². The molecule has 2 aromatic rings. The fourth-order valence-corrected chi connectivity index (χ4v) is 2.60. The van der Waals surface area contributed by atoms with E-state index < -0.39 is 0 Å². The van der Waals surface area contributed by atoms with Gasteiger partial charge in [-0.15, -0.1) is 0 Å². The fourth-order valence-electron chi connectivity index (χ4n) is 2.60. The van der Waals surface area contributed by atoms with Gasteiger partial charge < -0.3 is 14.8 Å². The number of nitrogens with zero attached hydrogens (tertiary/aromatic N) is 3. The van der Waals surface area contributed by atoms with Gasteiger partial charge >= 0.3 is 0 Å². The topological polar surface area (TPSA) is 33.1 Å². The van der Waals surface area contributed by atoms with Gasteiger partial charge in [-0.1, -0.05) is 18.2 Å². The number of benzene rings is 1. The summed E-state index contributed by atoms with van der Waals surface area (Å²) in [5, 5.41) is 3.62. The molecular formula is C15H20N4. The number of imidazole rings is 1. The SMILES string of the molecule is Cn1cncc1CN[C@@H]1CCN(c2ccccc2)C1. The quantitative estimate of drug-likeness (QED) is 0.905. The molecule has 1 aliphatic rings. The van der Waals surface area contributed by atoms with Crippen molar-refractivity contribution in [3.63, 3.8) is 0 Å². The van der Waals surface area contributed by atoms with Crippen molar-refractivity contribution >= 4 is 5.69 Å². The molecule has 1 aromatic carbocycles. The molecule has 3 rings (SSSR count). The van der Waals surface area contributed by atoms with Gasteiger partial charge in [0.05, 0.1) is 12.0 Å². The van der Waals surface area contributed by atoms with Crippen LogP contribution in [-0.4, -0.2) is 28.7 Å². The van der Waals surface area contributed by atoms with Gasteiger partial charge in [-0.3, -0.25) is 0 Å². The molecule has 4 nitrogen and oxygen atoms in total. The summed E-state index contributed by atoms with van der Waals surface area (Å²) in [5.41, 5.74) is 2.56.